The molecule has 0 bridgehead atoms. The molecule has 0 fully saturated rings. The normalized spacial score (nSPS) is 9.72. The van der Waals surface area contributed by atoms with E-state index >= 15 is 0 Å². The summed E-state index contributed by atoms with van der Waals surface area (Å²) in [6.07, 6.45) is 1.65. The van der Waals surface area contributed by atoms with E-state index in [-0.39, 0.29) is 11.3 Å². The molecule has 6 heteroatoms. The van der Waals surface area contributed by atoms with Crippen molar-refractivity contribution in [1.82, 2.24) is 4.98 Å². The van der Waals surface area contributed by atoms with Crippen molar-refractivity contribution in [1.29, 1.82) is 5.26 Å². The van der Waals surface area contributed by atoms with Crippen LogP contribution < -0.4 is 0 Å². The number of pyridine rings is 1. The molecule has 1 heterocycles. The lowest BCUT2D eigenvalue weighted by Gasteiger charge is -2.02. The molecule has 0 unspecified atom stereocenters. The lowest BCUT2D eigenvalue weighted by Crippen LogP contribution is -1.90. The van der Waals surface area contributed by atoms with Crippen molar-refractivity contribution >= 4 is 17.4 Å². The van der Waals surface area contributed by atoms with Gasteiger partial charge < -0.3 is 0 Å². The summed E-state index contributed by atoms with van der Waals surface area (Å²) >= 11 is 1.30. The van der Waals surface area contributed by atoms with Crippen LogP contribution in [0.2, 0.25) is 0 Å². The molecule has 88 valence electrons. The number of nitro groups is 1. The quantitative estimate of drug-likeness (QED) is 0.623. The van der Waals surface area contributed by atoms with Crippen LogP contribution >= 0.6 is 11.8 Å². The van der Waals surface area contributed by atoms with Crippen molar-refractivity contribution in [3.63, 3.8) is 0 Å². The van der Waals surface area contributed by atoms with Gasteiger partial charge in [0.15, 0.2) is 0 Å². The molecule has 1 aromatic heterocycles. The topological polar surface area (TPSA) is 79.8 Å². The minimum absolute atomic E-state index is 0.0862. The third-order valence-electron chi connectivity index (χ3n) is 2.15. The van der Waals surface area contributed by atoms with E-state index in [1.165, 1.54) is 23.9 Å². The molecule has 0 aliphatic heterocycles. The lowest BCUT2D eigenvalue weighted by atomic mass is 10.2. The number of nitrogens with zero attached hydrogens (tertiary/aromatic N) is 3. The second-order valence-electron chi connectivity index (χ2n) is 3.32. The molecular formula is C12H7N3O2S. The monoisotopic (exact) mass is 257 g/mol. The molecule has 0 aliphatic rings. The first-order valence-corrected chi connectivity index (χ1v) is 5.80. The van der Waals surface area contributed by atoms with E-state index in [4.69, 9.17) is 5.26 Å². The van der Waals surface area contributed by atoms with Gasteiger partial charge in [0.25, 0.3) is 5.69 Å². The maximum absolute atomic E-state index is 10.6. The smallest absolute Gasteiger partial charge is 0.258 e. The zero-order chi connectivity index (χ0) is 13.0. The Hall–Kier alpha value is -2.39. The average Bonchev–Trinajstić information content (AvgIpc) is 2.40. The Morgan fingerprint density at radius 3 is 2.78 bits per heavy atom. The summed E-state index contributed by atoms with van der Waals surface area (Å²) in [6.45, 7) is 0. The number of benzene rings is 1. The average molecular weight is 257 g/mol. The summed E-state index contributed by atoms with van der Waals surface area (Å²) in [5.74, 6) is 0. The van der Waals surface area contributed by atoms with Crippen LogP contribution in [0, 0.1) is 21.4 Å². The van der Waals surface area contributed by atoms with E-state index in [0.29, 0.717) is 4.90 Å². The molecule has 0 radical (unpaired) electrons. The number of nitriles is 1. The number of nitro benzene ring substituents is 1. The van der Waals surface area contributed by atoms with Gasteiger partial charge in [-0.15, -0.1) is 0 Å². The van der Waals surface area contributed by atoms with Crippen LogP contribution in [-0.4, -0.2) is 9.91 Å². The van der Waals surface area contributed by atoms with Crippen LogP contribution in [-0.2, 0) is 0 Å². The van der Waals surface area contributed by atoms with E-state index in [9.17, 15) is 10.1 Å². The maximum Gasteiger partial charge on any atom is 0.270 e. The summed E-state index contributed by atoms with van der Waals surface area (Å²) in [4.78, 5) is 14.9. The molecule has 0 saturated carbocycles. The summed E-state index contributed by atoms with van der Waals surface area (Å²) in [5.41, 5.74) is 0.191. The molecule has 2 rings (SSSR count). The van der Waals surface area contributed by atoms with Gasteiger partial charge in [-0.25, -0.2) is 4.98 Å². The largest absolute Gasteiger partial charge is 0.270 e. The Morgan fingerprint density at radius 1 is 1.33 bits per heavy atom. The molecule has 0 saturated heterocycles. The van der Waals surface area contributed by atoms with Crippen molar-refractivity contribution in [2.45, 2.75) is 9.92 Å². The Kier molecular flexibility index (Phi) is 3.55. The Morgan fingerprint density at radius 2 is 2.17 bits per heavy atom. The van der Waals surface area contributed by atoms with Crippen LogP contribution in [0.15, 0.2) is 52.5 Å². The van der Waals surface area contributed by atoms with Crippen molar-refractivity contribution < 1.29 is 4.92 Å². The number of non-ortho nitro benzene ring substituents is 1. The Balaban J connectivity index is 2.35. The van der Waals surface area contributed by atoms with Crippen LogP contribution in [0.25, 0.3) is 0 Å². The van der Waals surface area contributed by atoms with E-state index in [1.807, 2.05) is 18.2 Å². The zero-order valence-corrected chi connectivity index (χ0v) is 9.92. The number of rotatable bonds is 3. The summed E-state index contributed by atoms with van der Waals surface area (Å²) in [5, 5.41) is 20.4. The van der Waals surface area contributed by atoms with Crippen LogP contribution in [0.1, 0.15) is 5.56 Å². The lowest BCUT2D eigenvalue weighted by molar-refractivity contribution is -0.384. The minimum atomic E-state index is -0.518. The number of hydrogen-bond donors (Lipinski definition) is 0. The molecule has 18 heavy (non-hydrogen) atoms. The van der Waals surface area contributed by atoms with Gasteiger partial charge in [-0.3, -0.25) is 10.1 Å². The summed E-state index contributed by atoms with van der Waals surface area (Å²) in [6, 6.07) is 11.6. The molecular weight excluding hydrogens is 250 g/mol. The van der Waals surface area contributed by atoms with E-state index in [2.05, 4.69) is 4.98 Å². The van der Waals surface area contributed by atoms with Crippen molar-refractivity contribution in [2.75, 3.05) is 0 Å². The fraction of sp³-hybridized carbons (Fsp3) is 0. The first-order chi connectivity index (χ1) is 8.70. The first-order valence-electron chi connectivity index (χ1n) is 4.98. The van der Waals surface area contributed by atoms with Crippen LogP contribution in [0.3, 0.4) is 0 Å². The highest BCUT2D eigenvalue weighted by molar-refractivity contribution is 7.99. The van der Waals surface area contributed by atoms with E-state index < -0.39 is 4.92 Å². The highest BCUT2D eigenvalue weighted by Gasteiger charge is 2.11. The highest BCUT2D eigenvalue weighted by atomic mass is 32.2. The molecule has 5 nitrogen and oxygen atoms in total. The van der Waals surface area contributed by atoms with Gasteiger partial charge in [0.05, 0.1) is 10.5 Å². The molecule has 0 amide bonds. The molecule has 0 spiro atoms. The zero-order valence-electron chi connectivity index (χ0n) is 9.11. The predicted molar refractivity (Wildman–Crippen MR) is 66.2 cm³/mol. The van der Waals surface area contributed by atoms with Crippen molar-refractivity contribution in [3.8, 4) is 6.07 Å². The van der Waals surface area contributed by atoms with E-state index in [1.54, 1.807) is 18.3 Å². The number of hydrogen-bond acceptors (Lipinski definition) is 5. The van der Waals surface area contributed by atoms with Gasteiger partial charge in [-0.2, -0.15) is 5.26 Å². The van der Waals surface area contributed by atoms with Gasteiger partial charge in [0.2, 0.25) is 0 Å². The predicted octanol–water partition coefficient (Wildman–Crippen LogP) is 3.01. The summed E-state index contributed by atoms with van der Waals surface area (Å²) in [7, 11) is 0. The van der Waals surface area contributed by atoms with Crippen molar-refractivity contribution in [3.05, 3.63) is 58.3 Å². The van der Waals surface area contributed by atoms with Gasteiger partial charge >= 0.3 is 0 Å². The van der Waals surface area contributed by atoms with Gasteiger partial charge in [0, 0.05) is 23.2 Å². The third-order valence-corrected chi connectivity index (χ3v) is 3.17. The first kappa shape index (κ1) is 12.1. The third kappa shape index (κ3) is 2.64. The summed E-state index contributed by atoms with van der Waals surface area (Å²) < 4.78 is 0. The maximum atomic E-state index is 10.6. The Labute approximate surface area is 107 Å². The fourth-order valence-corrected chi connectivity index (χ4v) is 2.16. The molecule has 1 aromatic carbocycles. The standard InChI is InChI=1S/C12H7N3O2S/c13-8-9-7-10(15(16)17)4-5-11(9)18-12-3-1-2-6-14-12/h1-7H. The second-order valence-corrected chi connectivity index (χ2v) is 4.38. The second kappa shape index (κ2) is 5.29. The molecule has 0 N–H and O–H groups in total. The minimum Gasteiger partial charge on any atom is -0.258 e. The van der Waals surface area contributed by atoms with Gasteiger partial charge in [-0.05, 0) is 18.2 Å². The fourth-order valence-electron chi connectivity index (χ4n) is 1.33. The van der Waals surface area contributed by atoms with E-state index in [0.717, 1.165) is 5.03 Å². The molecule has 0 atom stereocenters. The van der Waals surface area contributed by atoms with Crippen molar-refractivity contribution in [2.24, 2.45) is 0 Å². The van der Waals surface area contributed by atoms with Crippen LogP contribution in [0.5, 0.6) is 0 Å². The highest BCUT2D eigenvalue weighted by Crippen LogP contribution is 2.30. The van der Waals surface area contributed by atoms with Crippen LogP contribution in [0.4, 0.5) is 5.69 Å². The van der Waals surface area contributed by atoms with Gasteiger partial charge in [-0.1, -0.05) is 17.8 Å². The Bertz CT molecular complexity index is 623. The SMILES string of the molecule is N#Cc1cc([N+](=O)[O-])ccc1Sc1ccccn1. The van der Waals surface area contributed by atoms with Gasteiger partial charge in [0.1, 0.15) is 11.1 Å². The number of aromatic nitrogens is 1. The molecule has 0 aliphatic carbocycles. The molecule has 2 aromatic rings.